The van der Waals surface area contributed by atoms with Crippen LogP contribution in [0.3, 0.4) is 0 Å². The van der Waals surface area contributed by atoms with Gasteiger partial charge in [-0.2, -0.15) is 0 Å². The molecular weight excluding hydrogens is 450 g/mol. The highest BCUT2D eigenvalue weighted by Crippen LogP contribution is 2.33. The number of rotatable bonds is 5. The topological polar surface area (TPSA) is 61.9 Å². The van der Waals surface area contributed by atoms with Crippen LogP contribution in [0.1, 0.15) is 51.5 Å². The Kier molecular flexibility index (Phi) is 6.68. The van der Waals surface area contributed by atoms with Gasteiger partial charge in [0.15, 0.2) is 0 Å². The predicted octanol–water partition coefficient (Wildman–Crippen LogP) is 4.52. The second-order valence-corrected chi connectivity index (χ2v) is 9.88. The van der Waals surface area contributed by atoms with Crippen molar-refractivity contribution in [2.24, 2.45) is 0 Å². The van der Waals surface area contributed by atoms with Gasteiger partial charge < -0.3 is 19.9 Å². The Hall–Kier alpha value is -3.80. The van der Waals surface area contributed by atoms with E-state index in [-0.39, 0.29) is 17.9 Å². The van der Waals surface area contributed by atoms with Gasteiger partial charge in [0.2, 0.25) is 5.91 Å². The maximum Gasteiger partial charge on any atom is 0.254 e. The molecule has 6 heteroatoms. The first-order valence-corrected chi connectivity index (χ1v) is 12.6. The van der Waals surface area contributed by atoms with Crippen LogP contribution in [0.4, 0.5) is 5.69 Å². The smallest absolute Gasteiger partial charge is 0.254 e. The first kappa shape index (κ1) is 23.9. The Morgan fingerprint density at radius 2 is 1.78 bits per heavy atom. The van der Waals surface area contributed by atoms with Crippen molar-refractivity contribution in [1.82, 2.24) is 10.2 Å². The molecule has 6 nitrogen and oxygen atoms in total. The molecule has 1 aliphatic heterocycles. The van der Waals surface area contributed by atoms with Crippen LogP contribution in [0.2, 0.25) is 0 Å². The zero-order valence-corrected chi connectivity index (χ0v) is 21.2. The van der Waals surface area contributed by atoms with Crippen molar-refractivity contribution >= 4 is 17.5 Å². The Morgan fingerprint density at radius 1 is 0.972 bits per heavy atom. The van der Waals surface area contributed by atoms with Crippen LogP contribution in [-0.2, 0) is 24.2 Å². The third-order valence-corrected chi connectivity index (χ3v) is 7.41. The molecule has 2 aliphatic rings. The number of hydrogen-bond donors (Lipinski definition) is 1. The average molecular weight is 484 g/mol. The Labute approximate surface area is 212 Å². The van der Waals surface area contributed by atoms with Gasteiger partial charge >= 0.3 is 0 Å². The number of nitrogens with zero attached hydrogens (tertiary/aromatic N) is 2. The van der Waals surface area contributed by atoms with Crippen LogP contribution in [0.5, 0.6) is 5.75 Å². The molecule has 0 fully saturated rings. The lowest BCUT2D eigenvalue weighted by Crippen LogP contribution is -2.53. The summed E-state index contributed by atoms with van der Waals surface area (Å²) in [5, 5.41) is 3.30. The fraction of sp³-hybridized carbons (Fsp3) is 0.333. The Balaban J connectivity index is 1.45. The van der Waals surface area contributed by atoms with Crippen molar-refractivity contribution < 1.29 is 14.3 Å². The number of ether oxygens (including phenoxy) is 1. The van der Waals surface area contributed by atoms with E-state index in [4.69, 9.17) is 4.74 Å². The number of amides is 2. The summed E-state index contributed by atoms with van der Waals surface area (Å²) in [7, 11) is 5.56. The van der Waals surface area contributed by atoms with Crippen LogP contribution in [0.25, 0.3) is 0 Å². The van der Waals surface area contributed by atoms with Crippen LogP contribution < -0.4 is 15.0 Å². The molecule has 1 heterocycles. The van der Waals surface area contributed by atoms with Gasteiger partial charge in [0, 0.05) is 38.3 Å². The number of fused-ring (bicyclic) bond motifs is 2. The molecule has 0 bridgehead atoms. The minimum Gasteiger partial charge on any atom is -0.497 e. The molecule has 3 aromatic rings. The molecule has 36 heavy (non-hydrogen) atoms. The van der Waals surface area contributed by atoms with Crippen LogP contribution in [0, 0.1) is 0 Å². The molecule has 1 N–H and O–H groups in total. The molecule has 1 aliphatic carbocycles. The number of nitrogens with one attached hydrogen (secondary N) is 1. The van der Waals surface area contributed by atoms with E-state index in [2.05, 4.69) is 17.4 Å². The van der Waals surface area contributed by atoms with E-state index in [0.29, 0.717) is 18.5 Å². The van der Waals surface area contributed by atoms with Gasteiger partial charge in [-0.25, -0.2) is 0 Å². The summed E-state index contributed by atoms with van der Waals surface area (Å²) >= 11 is 0. The number of hydrogen-bond acceptors (Lipinski definition) is 4. The molecule has 2 atom stereocenters. The number of anilines is 1. The summed E-state index contributed by atoms with van der Waals surface area (Å²) < 4.78 is 5.44. The number of carbonyl (C=O) groups excluding carboxylic acids is 2. The van der Waals surface area contributed by atoms with E-state index in [9.17, 15) is 9.59 Å². The van der Waals surface area contributed by atoms with E-state index in [0.717, 1.165) is 47.4 Å². The van der Waals surface area contributed by atoms with Gasteiger partial charge in [0.25, 0.3) is 5.91 Å². The molecular formula is C30H33N3O3. The molecule has 0 aromatic heterocycles. The maximum absolute atomic E-state index is 13.8. The van der Waals surface area contributed by atoms with Crippen molar-refractivity contribution in [3.63, 3.8) is 0 Å². The van der Waals surface area contributed by atoms with Crippen LogP contribution in [-0.4, -0.2) is 44.0 Å². The van der Waals surface area contributed by atoms with E-state index in [1.165, 1.54) is 5.56 Å². The van der Waals surface area contributed by atoms with Crippen molar-refractivity contribution in [2.45, 2.75) is 44.3 Å². The van der Waals surface area contributed by atoms with Crippen molar-refractivity contribution in [1.29, 1.82) is 0 Å². The zero-order valence-electron chi connectivity index (χ0n) is 21.2. The highest BCUT2D eigenvalue weighted by molar-refractivity contribution is 5.98. The lowest BCUT2D eigenvalue weighted by atomic mass is 9.86. The highest BCUT2D eigenvalue weighted by atomic mass is 16.5. The molecule has 0 spiro atoms. The predicted molar refractivity (Wildman–Crippen MR) is 141 cm³/mol. The number of methoxy groups -OCH3 is 1. The zero-order chi connectivity index (χ0) is 25.2. The minimum atomic E-state index is -0.577. The van der Waals surface area contributed by atoms with E-state index in [1.54, 1.807) is 12.0 Å². The van der Waals surface area contributed by atoms with E-state index >= 15 is 0 Å². The Bertz CT molecular complexity index is 1290. The lowest BCUT2D eigenvalue weighted by Gasteiger charge is -2.37. The lowest BCUT2D eigenvalue weighted by molar-refractivity contribution is -0.127. The van der Waals surface area contributed by atoms with Gasteiger partial charge in [0.05, 0.1) is 13.2 Å². The normalized spacial score (nSPS) is 18.6. The van der Waals surface area contributed by atoms with Crippen LogP contribution in [0.15, 0.2) is 66.7 Å². The molecule has 3 aromatic carbocycles. The van der Waals surface area contributed by atoms with Crippen molar-refractivity contribution in [2.75, 3.05) is 26.1 Å². The first-order chi connectivity index (χ1) is 17.4. The monoisotopic (exact) mass is 483 g/mol. The van der Waals surface area contributed by atoms with E-state index in [1.807, 2.05) is 73.6 Å². The third-order valence-electron chi connectivity index (χ3n) is 7.41. The van der Waals surface area contributed by atoms with Gasteiger partial charge in [-0.1, -0.05) is 36.4 Å². The minimum absolute atomic E-state index is 0.0949. The highest BCUT2D eigenvalue weighted by Gasteiger charge is 2.36. The summed E-state index contributed by atoms with van der Waals surface area (Å²) in [6.45, 7) is 0.411. The van der Waals surface area contributed by atoms with Gasteiger partial charge in [-0.05, 0) is 71.8 Å². The van der Waals surface area contributed by atoms with Crippen molar-refractivity contribution in [3.8, 4) is 5.75 Å². The van der Waals surface area contributed by atoms with Gasteiger partial charge in [-0.15, -0.1) is 0 Å². The molecule has 2 unspecified atom stereocenters. The summed E-state index contributed by atoms with van der Waals surface area (Å²) in [6.07, 6.45) is 3.37. The average Bonchev–Trinajstić information content (AvgIpc) is 2.91. The number of benzene rings is 3. The number of aryl methyl sites for hydroxylation is 1. The van der Waals surface area contributed by atoms with Crippen molar-refractivity contribution in [3.05, 3.63) is 94.5 Å². The SMILES string of the molecule is COc1ccc2c(c1)C(NC(=O)C1Cc3ccccc3CN1C(=O)c1cccc(N(C)C)c1)CCC2. The molecule has 0 saturated heterocycles. The second-order valence-electron chi connectivity index (χ2n) is 9.88. The third kappa shape index (κ3) is 4.68. The summed E-state index contributed by atoms with van der Waals surface area (Å²) in [5.41, 5.74) is 6.11. The largest absolute Gasteiger partial charge is 0.497 e. The van der Waals surface area contributed by atoms with Gasteiger partial charge in [0.1, 0.15) is 11.8 Å². The quantitative estimate of drug-likeness (QED) is 0.580. The molecule has 0 radical (unpaired) electrons. The molecule has 186 valence electrons. The van der Waals surface area contributed by atoms with E-state index < -0.39 is 6.04 Å². The summed E-state index contributed by atoms with van der Waals surface area (Å²) in [5.74, 6) is 0.556. The molecule has 0 saturated carbocycles. The second kappa shape index (κ2) is 10.1. The van der Waals surface area contributed by atoms with Gasteiger partial charge in [-0.3, -0.25) is 9.59 Å². The standard InChI is InChI=1S/C30H33N3O3/c1-32(2)24-12-6-11-22(16-24)30(35)33-19-23-9-5-4-8-21(23)17-28(33)29(34)31-27-13-7-10-20-14-15-25(36-3)18-26(20)27/h4-6,8-9,11-12,14-16,18,27-28H,7,10,13,17,19H2,1-3H3,(H,31,34). The maximum atomic E-state index is 13.8. The van der Waals surface area contributed by atoms with Crippen LogP contribution >= 0.6 is 0 Å². The first-order valence-electron chi connectivity index (χ1n) is 12.6. The summed E-state index contributed by atoms with van der Waals surface area (Å²) in [4.78, 5) is 31.3. The molecule has 5 rings (SSSR count). The summed E-state index contributed by atoms with van der Waals surface area (Å²) in [6, 6.07) is 21.1. The Morgan fingerprint density at radius 3 is 2.56 bits per heavy atom. The number of carbonyl (C=O) groups is 2. The molecule has 2 amide bonds. The fourth-order valence-electron chi connectivity index (χ4n) is 5.38. The fourth-order valence-corrected chi connectivity index (χ4v) is 5.38.